The Morgan fingerprint density at radius 3 is 2.63 bits per heavy atom. The Morgan fingerprint density at radius 2 is 2.00 bits per heavy atom. The van der Waals surface area contributed by atoms with Crippen LogP contribution in [0.2, 0.25) is 0 Å². The molecular weight excluding hydrogens is 392 g/mol. The van der Waals surface area contributed by atoms with Gasteiger partial charge in [-0.2, -0.15) is 0 Å². The number of methoxy groups -OCH3 is 1. The van der Waals surface area contributed by atoms with Gasteiger partial charge in [0.25, 0.3) is 5.91 Å². The lowest BCUT2D eigenvalue weighted by Crippen LogP contribution is -2.41. The molecule has 1 heterocycles. The van der Waals surface area contributed by atoms with E-state index in [0.717, 1.165) is 5.56 Å². The van der Waals surface area contributed by atoms with Gasteiger partial charge in [0.2, 0.25) is 5.89 Å². The van der Waals surface area contributed by atoms with Gasteiger partial charge in [0.1, 0.15) is 18.1 Å². The van der Waals surface area contributed by atoms with Gasteiger partial charge in [-0.3, -0.25) is 9.79 Å². The van der Waals surface area contributed by atoms with Crippen molar-refractivity contribution in [3.8, 4) is 5.75 Å². The zero-order chi connectivity index (χ0) is 22.1. The molecule has 0 radical (unpaired) electrons. The van der Waals surface area contributed by atoms with E-state index in [0.29, 0.717) is 19.4 Å². The summed E-state index contributed by atoms with van der Waals surface area (Å²) < 4.78 is 10.1. The van der Waals surface area contributed by atoms with Crippen LogP contribution >= 0.6 is 0 Å². The first-order valence-corrected chi connectivity index (χ1v) is 9.23. The van der Waals surface area contributed by atoms with Crippen LogP contribution in [0.15, 0.2) is 39.9 Å². The van der Waals surface area contributed by atoms with Crippen LogP contribution in [-0.4, -0.2) is 47.6 Å². The van der Waals surface area contributed by atoms with Crippen LogP contribution in [0, 0.1) is 0 Å². The molecule has 0 saturated heterocycles. The number of guanidine groups is 1. The number of nitrogens with two attached hydrogens (primary N) is 3. The van der Waals surface area contributed by atoms with Gasteiger partial charge in [-0.1, -0.05) is 12.1 Å². The van der Waals surface area contributed by atoms with Crippen LogP contribution in [0.3, 0.4) is 0 Å². The maximum absolute atomic E-state index is 12.5. The van der Waals surface area contributed by atoms with Gasteiger partial charge in [0.05, 0.1) is 13.2 Å². The van der Waals surface area contributed by atoms with Crippen molar-refractivity contribution in [1.29, 1.82) is 0 Å². The number of ether oxygens (including phenoxy) is 1. The maximum Gasteiger partial charge on any atom is 0.328 e. The molecule has 1 aromatic heterocycles. The number of rotatable bonds is 10. The van der Waals surface area contributed by atoms with Crippen molar-refractivity contribution in [2.24, 2.45) is 22.2 Å². The third kappa shape index (κ3) is 6.78. The lowest BCUT2D eigenvalue weighted by Gasteiger charge is -2.15. The van der Waals surface area contributed by atoms with Crippen LogP contribution in [0.25, 0.3) is 0 Å². The van der Waals surface area contributed by atoms with E-state index in [-0.39, 0.29) is 29.7 Å². The van der Waals surface area contributed by atoms with Crippen LogP contribution < -0.4 is 22.5 Å². The molecule has 30 heavy (non-hydrogen) atoms. The lowest BCUT2D eigenvalue weighted by atomic mass is 10.1. The molecule has 0 aliphatic heterocycles. The van der Waals surface area contributed by atoms with E-state index < -0.39 is 24.0 Å². The number of esters is 1. The first kappa shape index (κ1) is 22.7. The quantitative estimate of drug-likeness (QED) is 0.152. The molecule has 2 atom stereocenters. The minimum atomic E-state index is -0.887. The predicted octanol–water partition coefficient (Wildman–Crippen LogP) is -0.0523. The number of carbonyl (C=O) groups is 2. The van der Waals surface area contributed by atoms with E-state index >= 15 is 0 Å². The topological polar surface area (TPSA) is 192 Å². The predicted molar refractivity (Wildman–Crippen MR) is 108 cm³/mol. The summed E-state index contributed by atoms with van der Waals surface area (Å²) in [6, 6.07) is 5.09. The molecule has 1 aromatic carbocycles. The number of nitrogens with one attached hydrogen (secondary N) is 1. The number of nitrogens with zero attached hydrogens (tertiary/aromatic N) is 2. The highest BCUT2D eigenvalue weighted by Crippen LogP contribution is 2.18. The van der Waals surface area contributed by atoms with E-state index in [9.17, 15) is 14.7 Å². The van der Waals surface area contributed by atoms with E-state index in [1.54, 1.807) is 24.3 Å². The van der Waals surface area contributed by atoms with Crippen molar-refractivity contribution in [3.05, 3.63) is 47.7 Å². The molecule has 0 fully saturated rings. The molecule has 0 aliphatic rings. The summed E-state index contributed by atoms with van der Waals surface area (Å²) in [5.74, 6) is -0.913. The SMILES string of the molecule is COC(=O)C(CCCN=C(N)N)NC(=O)c1coc(C(N)Cc2ccc(O)cc2)n1. The second-order valence-electron chi connectivity index (χ2n) is 6.55. The normalized spacial score (nSPS) is 12.6. The molecule has 0 bridgehead atoms. The molecule has 11 nitrogen and oxygen atoms in total. The molecular formula is C19H26N6O5. The number of aromatic hydroxyl groups is 1. The zero-order valence-electron chi connectivity index (χ0n) is 16.6. The monoisotopic (exact) mass is 418 g/mol. The Kier molecular flexibility index (Phi) is 8.18. The fourth-order valence-corrected chi connectivity index (χ4v) is 2.66. The average molecular weight is 418 g/mol. The fraction of sp³-hybridized carbons (Fsp3) is 0.368. The Labute approximate surface area is 173 Å². The molecule has 8 N–H and O–H groups in total. The highest BCUT2D eigenvalue weighted by atomic mass is 16.5. The van der Waals surface area contributed by atoms with E-state index in [1.807, 2.05) is 0 Å². The van der Waals surface area contributed by atoms with Gasteiger partial charge >= 0.3 is 5.97 Å². The Hall–Kier alpha value is -3.60. The van der Waals surface area contributed by atoms with Crippen LogP contribution in [0.4, 0.5) is 0 Å². The molecule has 0 saturated carbocycles. The van der Waals surface area contributed by atoms with Gasteiger partial charge in [-0.25, -0.2) is 9.78 Å². The summed E-state index contributed by atoms with van der Waals surface area (Å²) in [5, 5.41) is 11.9. The molecule has 162 valence electrons. The maximum atomic E-state index is 12.5. The van der Waals surface area contributed by atoms with Crippen molar-refractivity contribution in [2.45, 2.75) is 31.3 Å². The number of hydrogen-bond acceptors (Lipinski definition) is 8. The van der Waals surface area contributed by atoms with Crippen molar-refractivity contribution in [1.82, 2.24) is 10.3 Å². The van der Waals surface area contributed by atoms with Gasteiger partial charge in [0, 0.05) is 6.54 Å². The molecule has 0 spiro atoms. The van der Waals surface area contributed by atoms with Crippen molar-refractivity contribution >= 4 is 17.8 Å². The fourth-order valence-electron chi connectivity index (χ4n) is 2.66. The van der Waals surface area contributed by atoms with Gasteiger partial charge < -0.3 is 36.8 Å². The van der Waals surface area contributed by atoms with E-state index in [4.69, 9.17) is 26.4 Å². The number of phenolic OH excluding ortho intramolecular Hbond substituents is 1. The first-order valence-electron chi connectivity index (χ1n) is 9.23. The van der Waals surface area contributed by atoms with Crippen LogP contribution in [0.1, 0.15) is 40.8 Å². The third-order valence-corrected chi connectivity index (χ3v) is 4.20. The summed E-state index contributed by atoms with van der Waals surface area (Å²) in [6.45, 7) is 0.311. The summed E-state index contributed by atoms with van der Waals surface area (Å²) in [5.41, 5.74) is 17.5. The van der Waals surface area contributed by atoms with E-state index in [2.05, 4.69) is 15.3 Å². The minimum absolute atomic E-state index is 0.00992. The highest BCUT2D eigenvalue weighted by Gasteiger charge is 2.24. The van der Waals surface area contributed by atoms with Crippen molar-refractivity contribution < 1.29 is 23.8 Å². The van der Waals surface area contributed by atoms with Crippen LogP contribution in [0.5, 0.6) is 5.75 Å². The number of carbonyl (C=O) groups excluding carboxylic acids is 2. The minimum Gasteiger partial charge on any atom is -0.508 e. The van der Waals surface area contributed by atoms with Gasteiger partial charge in [-0.05, 0) is 37.0 Å². The Balaban J connectivity index is 1.97. The summed E-state index contributed by atoms with van der Waals surface area (Å²) in [6.07, 6.45) is 2.31. The molecule has 0 aliphatic carbocycles. The molecule has 2 aromatic rings. The Bertz CT molecular complexity index is 876. The lowest BCUT2D eigenvalue weighted by molar-refractivity contribution is -0.143. The number of amides is 1. The smallest absolute Gasteiger partial charge is 0.328 e. The second-order valence-corrected chi connectivity index (χ2v) is 6.55. The molecule has 11 heteroatoms. The van der Waals surface area contributed by atoms with Crippen molar-refractivity contribution in [2.75, 3.05) is 13.7 Å². The number of benzene rings is 1. The number of hydrogen-bond donors (Lipinski definition) is 5. The van der Waals surface area contributed by atoms with Crippen LogP contribution in [-0.2, 0) is 16.0 Å². The number of phenols is 1. The third-order valence-electron chi connectivity index (χ3n) is 4.20. The average Bonchev–Trinajstić information content (AvgIpc) is 3.21. The number of aliphatic imine (C=N–C) groups is 1. The largest absolute Gasteiger partial charge is 0.508 e. The summed E-state index contributed by atoms with van der Waals surface area (Å²) in [4.78, 5) is 32.4. The molecule has 1 amide bonds. The molecule has 2 unspecified atom stereocenters. The number of oxazole rings is 1. The zero-order valence-corrected chi connectivity index (χ0v) is 16.6. The highest BCUT2D eigenvalue weighted by molar-refractivity contribution is 5.94. The second kappa shape index (κ2) is 10.8. The summed E-state index contributed by atoms with van der Waals surface area (Å²) >= 11 is 0. The van der Waals surface area contributed by atoms with Gasteiger partial charge in [-0.15, -0.1) is 0 Å². The Morgan fingerprint density at radius 1 is 1.30 bits per heavy atom. The standard InChI is InChI=1S/C19H26N6O5/c1-29-18(28)14(3-2-8-23-19(21)22)24-16(27)15-10-30-17(25-15)13(20)9-11-4-6-12(26)7-5-11/h4-7,10,13-14,26H,2-3,8-9,20H2,1H3,(H,24,27)(H4,21,22,23). The van der Waals surface area contributed by atoms with Crippen molar-refractivity contribution in [3.63, 3.8) is 0 Å². The van der Waals surface area contributed by atoms with Gasteiger partial charge in [0.15, 0.2) is 11.7 Å². The summed E-state index contributed by atoms with van der Waals surface area (Å²) in [7, 11) is 1.23. The number of aromatic nitrogens is 1. The van der Waals surface area contributed by atoms with E-state index in [1.165, 1.54) is 13.4 Å². The molecule has 2 rings (SSSR count). The first-order chi connectivity index (χ1) is 14.3.